The van der Waals surface area contributed by atoms with Crippen LogP contribution in [-0.2, 0) is 12.1 Å². The van der Waals surface area contributed by atoms with E-state index in [1.807, 2.05) is 0 Å². The van der Waals surface area contributed by atoms with E-state index in [2.05, 4.69) is 14.7 Å². The lowest BCUT2D eigenvalue weighted by molar-refractivity contribution is -0.153. The average Bonchev–Trinajstić information content (AvgIpc) is 2.73. The van der Waals surface area contributed by atoms with Crippen LogP contribution in [0.3, 0.4) is 0 Å². The van der Waals surface area contributed by atoms with E-state index in [4.69, 9.17) is 5.73 Å². The van der Waals surface area contributed by atoms with Gasteiger partial charge in [-0.05, 0) is 35.9 Å². The molecule has 168 valence electrons. The molecule has 1 unspecified atom stereocenters. The molecule has 3 rings (SSSR count). The molecule has 1 heterocycles. The predicted octanol–water partition coefficient (Wildman–Crippen LogP) is 4.34. The number of nitrogens with two attached hydrogens (primary N) is 1. The van der Waals surface area contributed by atoms with Gasteiger partial charge in [-0.2, -0.15) is 13.2 Å². The zero-order chi connectivity index (χ0) is 23.4. The number of hydrogen-bond donors (Lipinski definition) is 2. The molecule has 0 radical (unpaired) electrons. The van der Waals surface area contributed by atoms with Gasteiger partial charge in [0.25, 0.3) is 0 Å². The SMILES string of the molecule is N/C=N/C(O)(Cc1ccc(-c2ccc(OCC(F)(F)F)cc2)cn1)c1ccc(F)cc1F. The summed E-state index contributed by atoms with van der Waals surface area (Å²) in [5, 5.41) is 10.9. The van der Waals surface area contributed by atoms with Crippen molar-refractivity contribution in [1.82, 2.24) is 4.98 Å². The second-order valence-electron chi connectivity index (χ2n) is 6.86. The Morgan fingerprint density at radius 2 is 1.69 bits per heavy atom. The zero-order valence-electron chi connectivity index (χ0n) is 16.5. The summed E-state index contributed by atoms with van der Waals surface area (Å²) in [6.45, 7) is -1.38. The van der Waals surface area contributed by atoms with Crippen molar-refractivity contribution in [2.45, 2.75) is 18.3 Å². The number of aromatic nitrogens is 1. The molecule has 1 atom stereocenters. The Bertz CT molecular complexity index is 1090. The topological polar surface area (TPSA) is 80.7 Å². The third-order valence-electron chi connectivity index (χ3n) is 4.49. The Labute approximate surface area is 180 Å². The van der Waals surface area contributed by atoms with Gasteiger partial charge in [0.1, 0.15) is 17.4 Å². The summed E-state index contributed by atoms with van der Waals surface area (Å²) >= 11 is 0. The Morgan fingerprint density at radius 1 is 1.00 bits per heavy atom. The summed E-state index contributed by atoms with van der Waals surface area (Å²) in [5.41, 5.74) is 4.60. The molecule has 1 aromatic heterocycles. The fourth-order valence-electron chi connectivity index (χ4n) is 3.01. The van der Waals surface area contributed by atoms with E-state index in [0.29, 0.717) is 22.9 Å². The normalized spacial score (nSPS) is 13.8. The molecule has 0 aliphatic heterocycles. The van der Waals surface area contributed by atoms with Crippen LogP contribution >= 0.6 is 0 Å². The number of aliphatic imine (C=N–C) groups is 1. The standard InChI is InChI=1S/C22H18F5N3O2/c23-16-4-8-19(20(24)9-16)21(31,30-13-28)10-17-5-1-15(11-29-17)14-2-6-18(7-3-14)32-12-22(25,26)27/h1-9,11,13,31H,10,12H2,(H2,28,30). The van der Waals surface area contributed by atoms with Gasteiger partial charge in [-0.3, -0.25) is 4.98 Å². The van der Waals surface area contributed by atoms with Crippen LogP contribution in [-0.4, -0.2) is 29.2 Å². The highest BCUT2D eigenvalue weighted by atomic mass is 19.4. The highest BCUT2D eigenvalue weighted by molar-refractivity contribution is 5.63. The third kappa shape index (κ3) is 5.79. The minimum absolute atomic E-state index is 0.0710. The largest absolute Gasteiger partial charge is 0.484 e. The first kappa shape index (κ1) is 23.1. The van der Waals surface area contributed by atoms with Crippen LogP contribution in [0.5, 0.6) is 5.75 Å². The number of halogens is 5. The molecule has 10 heteroatoms. The van der Waals surface area contributed by atoms with Crippen molar-refractivity contribution in [2.24, 2.45) is 10.7 Å². The molecule has 0 saturated heterocycles. The van der Waals surface area contributed by atoms with E-state index < -0.39 is 30.1 Å². The first-order chi connectivity index (χ1) is 15.1. The number of benzene rings is 2. The Balaban J connectivity index is 1.77. The molecule has 0 amide bonds. The Morgan fingerprint density at radius 3 is 2.25 bits per heavy atom. The Kier molecular flexibility index (Phi) is 6.73. The van der Waals surface area contributed by atoms with Crippen molar-refractivity contribution in [3.05, 3.63) is 83.7 Å². The first-order valence-corrected chi connectivity index (χ1v) is 9.28. The zero-order valence-corrected chi connectivity index (χ0v) is 16.5. The average molecular weight is 451 g/mol. The van der Waals surface area contributed by atoms with Gasteiger partial charge < -0.3 is 15.6 Å². The van der Waals surface area contributed by atoms with E-state index in [0.717, 1.165) is 18.5 Å². The van der Waals surface area contributed by atoms with Crippen molar-refractivity contribution in [1.29, 1.82) is 0 Å². The molecule has 0 aliphatic carbocycles. The highest BCUT2D eigenvalue weighted by Crippen LogP contribution is 2.30. The van der Waals surface area contributed by atoms with Crippen molar-refractivity contribution < 1.29 is 31.8 Å². The number of hydrogen-bond acceptors (Lipinski definition) is 4. The van der Waals surface area contributed by atoms with Gasteiger partial charge in [-0.15, -0.1) is 0 Å². The van der Waals surface area contributed by atoms with Crippen LogP contribution in [0.4, 0.5) is 22.0 Å². The maximum absolute atomic E-state index is 14.2. The number of aliphatic hydroxyl groups is 1. The number of pyridine rings is 1. The lowest BCUT2D eigenvalue weighted by Crippen LogP contribution is -2.29. The third-order valence-corrected chi connectivity index (χ3v) is 4.49. The van der Waals surface area contributed by atoms with Crippen LogP contribution in [0.25, 0.3) is 11.1 Å². The Hall–Kier alpha value is -3.53. The predicted molar refractivity (Wildman–Crippen MR) is 108 cm³/mol. The van der Waals surface area contributed by atoms with Crippen LogP contribution in [0, 0.1) is 11.6 Å². The smallest absolute Gasteiger partial charge is 0.422 e. The monoisotopic (exact) mass is 451 g/mol. The highest BCUT2D eigenvalue weighted by Gasteiger charge is 2.32. The molecule has 32 heavy (non-hydrogen) atoms. The molecule has 0 saturated carbocycles. The van der Waals surface area contributed by atoms with Crippen molar-refractivity contribution >= 4 is 6.34 Å². The summed E-state index contributed by atoms with van der Waals surface area (Å²) in [4.78, 5) is 7.98. The summed E-state index contributed by atoms with van der Waals surface area (Å²) in [6, 6.07) is 11.9. The van der Waals surface area contributed by atoms with Gasteiger partial charge in [0.05, 0.1) is 6.34 Å². The maximum atomic E-state index is 14.2. The molecule has 5 nitrogen and oxygen atoms in total. The number of rotatable bonds is 7. The first-order valence-electron chi connectivity index (χ1n) is 9.28. The van der Waals surface area contributed by atoms with E-state index >= 15 is 0 Å². The fourth-order valence-corrected chi connectivity index (χ4v) is 3.01. The van der Waals surface area contributed by atoms with Crippen LogP contribution < -0.4 is 10.5 Å². The van der Waals surface area contributed by atoms with Gasteiger partial charge in [0, 0.05) is 35.5 Å². The van der Waals surface area contributed by atoms with Gasteiger partial charge in [0.2, 0.25) is 0 Å². The minimum atomic E-state index is -4.43. The molecule has 2 aromatic carbocycles. The van der Waals surface area contributed by atoms with Crippen molar-refractivity contribution in [2.75, 3.05) is 6.61 Å². The van der Waals surface area contributed by atoms with E-state index in [-0.39, 0.29) is 17.7 Å². The summed E-state index contributed by atoms with van der Waals surface area (Å²) in [7, 11) is 0. The number of nitrogens with zero attached hydrogens (tertiary/aromatic N) is 2. The quantitative estimate of drug-likeness (QED) is 0.318. The van der Waals surface area contributed by atoms with Gasteiger partial charge >= 0.3 is 6.18 Å². The summed E-state index contributed by atoms with van der Waals surface area (Å²) in [6.07, 6.45) is -2.37. The van der Waals surface area contributed by atoms with Crippen molar-refractivity contribution in [3.63, 3.8) is 0 Å². The molecule has 0 fully saturated rings. The second-order valence-corrected chi connectivity index (χ2v) is 6.86. The van der Waals surface area contributed by atoms with Crippen LogP contribution in [0.15, 0.2) is 65.8 Å². The van der Waals surface area contributed by atoms with Crippen LogP contribution in [0.1, 0.15) is 11.3 Å². The molecular weight excluding hydrogens is 433 g/mol. The summed E-state index contributed by atoms with van der Waals surface area (Å²) < 4.78 is 68.8. The lowest BCUT2D eigenvalue weighted by atomic mass is 9.96. The summed E-state index contributed by atoms with van der Waals surface area (Å²) in [5.74, 6) is -1.72. The molecule has 3 N–H and O–H groups in total. The molecular formula is C22H18F5N3O2. The molecule has 0 bridgehead atoms. The van der Waals surface area contributed by atoms with E-state index in [9.17, 15) is 27.1 Å². The molecule has 0 aliphatic rings. The number of alkyl halides is 3. The molecule has 0 spiro atoms. The van der Waals surface area contributed by atoms with E-state index in [1.54, 1.807) is 24.3 Å². The molecule has 3 aromatic rings. The second kappa shape index (κ2) is 9.31. The van der Waals surface area contributed by atoms with Gasteiger partial charge in [0.15, 0.2) is 12.3 Å². The lowest BCUT2D eigenvalue weighted by Gasteiger charge is -2.24. The van der Waals surface area contributed by atoms with E-state index in [1.165, 1.54) is 18.3 Å². The van der Waals surface area contributed by atoms with Crippen LogP contribution in [0.2, 0.25) is 0 Å². The number of ether oxygens (including phenoxy) is 1. The minimum Gasteiger partial charge on any atom is -0.484 e. The maximum Gasteiger partial charge on any atom is 0.422 e. The van der Waals surface area contributed by atoms with Gasteiger partial charge in [-0.1, -0.05) is 18.2 Å². The van der Waals surface area contributed by atoms with Crippen molar-refractivity contribution in [3.8, 4) is 16.9 Å². The van der Waals surface area contributed by atoms with Gasteiger partial charge in [-0.25, -0.2) is 13.8 Å². The fraction of sp³-hybridized carbons (Fsp3) is 0.182.